The fourth-order valence-corrected chi connectivity index (χ4v) is 1.41. The third-order valence-corrected chi connectivity index (χ3v) is 2.45. The van der Waals surface area contributed by atoms with Crippen molar-refractivity contribution in [3.8, 4) is 12.3 Å². The summed E-state index contributed by atoms with van der Waals surface area (Å²) in [6.07, 6.45) is 6.24. The maximum atomic E-state index is 12.8. The normalized spacial score (nSPS) is 12.1. The molecular formula is C13H16FN. The lowest BCUT2D eigenvalue weighted by molar-refractivity contribution is 0.588. The Balaban J connectivity index is 2.62. The smallest absolute Gasteiger partial charge is 0.123 e. The molecule has 1 nitrogen and oxygen atoms in total. The Morgan fingerprint density at radius 3 is 2.80 bits per heavy atom. The zero-order valence-electron chi connectivity index (χ0n) is 9.18. The van der Waals surface area contributed by atoms with Crippen LogP contribution in [-0.4, -0.2) is 6.04 Å². The van der Waals surface area contributed by atoms with Gasteiger partial charge in [0.15, 0.2) is 0 Å². The lowest BCUT2D eigenvalue weighted by Gasteiger charge is -2.12. The lowest BCUT2D eigenvalue weighted by atomic mass is 10.1. The summed E-state index contributed by atoms with van der Waals surface area (Å²) in [6, 6.07) is 4.89. The molecule has 1 rings (SSSR count). The molecule has 0 aliphatic carbocycles. The van der Waals surface area contributed by atoms with Crippen molar-refractivity contribution >= 4 is 0 Å². The fourth-order valence-electron chi connectivity index (χ4n) is 1.41. The second-order valence-electron chi connectivity index (χ2n) is 3.58. The molecule has 1 unspecified atom stereocenters. The van der Waals surface area contributed by atoms with Crippen LogP contribution in [0.2, 0.25) is 0 Å². The van der Waals surface area contributed by atoms with Crippen LogP contribution in [0.5, 0.6) is 0 Å². The Hall–Kier alpha value is -1.33. The molecule has 2 heteroatoms. The van der Waals surface area contributed by atoms with Gasteiger partial charge in [-0.05, 0) is 36.6 Å². The summed E-state index contributed by atoms with van der Waals surface area (Å²) in [5.41, 5.74) is 2.04. The van der Waals surface area contributed by atoms with Gasteiger partial charge < -0.3 is 0 Å². The van der Waals surface area contributed by atoms with Gasteiger partial charge in [-0.3, -0.25) is 5.32 Å². The van der Waals surface area contributed by atoms with Gasteiger partial charge >= 0.3 is 0 Å². The number of benzene rings is 1. The first-order valence-electron chi connectivity index (χ1n) is 5.12. The van der Waals surface area contributed by atoms with Gasteiger partial charge in [0, 0.05) is 6.54 Å². The number of terminal acetylenes is 1. The monoisotopic (exact) mass is 205 g/mol. The number of hydrogen-bond donors (Lipinski definition) is 1. The summed E-state index contributed by atoms with van der Waals surface area (Å²) < 4.78 is 12.8. The van der Waals surface area contributed by atoms with Crippen molar-refractivity contribution < 1.29 is 4.39 Å². The highest BCUT2D eigenvalue weighted by atomic mass is 19.1. The minimum Gasteiger partial charge on any atom is -0.300 e. The molecule has 0 fully saturated rings. The molecule has 1 atom stereocenters. The predicted molar refractivity (Wildman–Crippen MR) is 60.9 cm³/mol. The standard InChI is InChI=1S/C13H16FN/c1-4-13(5-2)15-9-11-6-7-12(14)8-10(11)3/h1,6-8,13,15H,5,9H2,2-3H3. The van der Waals surface area contributed by atoms with E-state index in [2.05, 4.69) is 11.2 Å². The van der Waals surface area contributed by atoms with Gasteiger partial charge in [-0.1, -0.05) is 18.9 Å². The Morgan fingerprint density at radius 1 is 1.53 bits per heavy atom. The molecule has 1 aromatic carbocycles. The minimum atomic E-state index is -0.194. The van der Waals surface area contributed by atoms with Crippen LogP contribution in [0.1, 0.15) is 24.5 Å². The van der Waals surface area contributed by atoms with Crippen LogP contribution < -0.4 is 5.32 Å². The molecule has 0 saturated carbocycles. The van der Waals surface area contributed by atoms with Gasteiger partial charge in [0.05, 0.1) is 6.04 Å². The summed E-state index contributed by atoms with van der Waals surface area (Å²) in [4.78, 5) is 0. The lowest BCUT2D eigenvalue weighted by Crippen LogP contribution is -2.26. The molecular weight excluding hydrogens is 189 g/mol. The summed E-state index contributed by atoms with van der Waals surface area (Å²) in [5.74, 6) is 2.47. The van der Waals surface area contributed by atoms with Crippen molar-refractivity contribution in [1.82, 2.24) is 5.32 Å². The van der Waals surface area contributed by atoms with Crippen molar-refractivity contribution in [3.05, 3.63) is 35.1 Å². The van der Waals surface area contributed by atoms with E-state index in [0.29, 0.717) is 6.54 Å². The van der Waals surface area contributed by atoms with Crippen molar-refractivity contribution in [2.24, 2.45) is 0 Å². The molecule has 0 saturated heterocycles. The third kappa shape index (κ3) is 3.38. The summed E-state index contributed by atoms with van der Waals surface area (Å²) >= 11 is 0. The second-order valence-corrected chi connectivity index (χ2v) is 3.58. The second kappa shape index (κ2) is 5.53. The van der Waals surface area contributed by atoms with E-state index in [1.54, 1.807) is 6.07 Å². The average molecular weight is 205 g/mol. The van der Waals surface area contributed by atoms with Gasteiger partial charge in [-0.2, -0.15) is 0 Å². The molecule has 1 aromatic rings. The minimum absolute atomic E-state index is 0.0921. The van der Waals surface area contributed by atoms with E-state index in [4.69, 9.17) is 6.42 Å². The Labute approximate surface area is 90.7 Å². The SMILES string of the molecule is C#CC(CC)NCc1ccc(F)cc1C. The number of hydrogen-bond acceptors (Lipinski definition) is 1. The van der Waals surface area contributed by atoms with E-state index < -0.39 is 0 Å². The van der Waals surface area contributed by atoms with Gasteiger partial charge in [-0.25, -0.2) is 4.39 Å². The maximum absolute atomic E-state index is 12.8. The largest absolute Gasteiger partial charge is 0.300 e. The first-order chi connectivity index (χ1) is 7.17. The van der Waals surface area contributed by atoms with Crippen LogP contribution in [0.3, 0.4) is 0 Å². The van der Waals surface area contributed by atoms with Gasteiger partial charge in [0.2, 0.25) is 0 Å². The van der Waals surface area contributed by atoms with Crippen LogP contribution >= 0.6 is 0 Å². The molecule has 0 amide bonds. The Bertz CT molecular complexity index is 365. The van der Waals surface area contributed by atoms with E-state index in [-0.39, 0.29) is 11.9 Å². The highest BCUT2D eigenvalue weighted by Crippen LogP contribution is 2.10. The van der Waals surface area contributed by atoms with E-state index in [1.165, 1.54) is 12.1 Å². The van der Waals surface area contributed by atoms with E-state index >= 15 is 0 Å². The van der Waals surface area contributed by atoms with Crippen LogP contribution in [0.15, 0.2) is 18.2 Å². The average Bonchev–Trinajstić information content (AvgIpc) is 2.22. The number of aryl methyl sites for hydroxylation is 1. The zero-order chi connectivity index (χ0) is 11.3. The van der Waals surface area contributed by atoms with Gasteiger partial charge in [0.1, 0.15) is 5.82 Å². The molecule has 0 aliphatic heterocycles. The highest BCUT2D eigenvalue weighted by Gasteiger charge is 2.03. The van der Waals surface area contributed by atoms with Crippen molar-refractivity contribution in [2.45, 2.75) is 32.9 Å². The Morgan fingerprint density at radius 2 is 2.27 bits per heavy atom. The number of halogens is 1. The molecule has 80 valence electrons. The molecule has 0 heterocycles. The molecule has 1 N–H and O–H groups in total. The van der Waals surface area contributed by atoms with Crippen molar-refractivity contribution in [1.29, 1.82) is 0 Å². The zero-order valence-corrected chi connectivity index (χ0v) is 9.18. The van der Waals surface area contributed by atoms with Crippen LogP contribution in [-0.2, 0) is 6.54 Å². The van der Waals surface area contributed by atoms with Crippen LogP contribution in [0.25, 0.3) is 0 Å². The molecule has 15 heavy (non-hydrogen) atoms. The van der Waals surface area contributed by atoms with Crippen molar-refractivity contribution in [2.75, 3.05) is 0 Å². The fraction of sp³-hybridized carbons (Fsp3) is 0.385. The van der Waals surface area contributed by atoms with Gasteiger partial charge in [0.25, 0.3) is 0 Å². The van der Waals surface area contributed by atoms with Crippen LogP contribution in [0.4, 0.5) is 4.39 Å². The first-order valence-corrected chi connectivity index (χ1v) is 5.12. The van der Waals surface area contributed by atoms with E-state index in [1.807, 2.05) is 13.8 Å². The third-order valence-electron chi connectivity index (χ3n) is 2.45. The molecule has 0 aliphatic rings. The van der Waals surface area contributed by atoms with Crippen LogP contribution in [0, 0.1) is 25.1 Å². The molecule has 0 bridgehead atoms. The van der Waals surface area contributed by atoms with E-state index in [9.17, 15) is 4.39 Å². The highest BCUT2D eigenvalue weighted by molar-refractivity contribution is 5.26. The Kier molecular flexibility index (Phi) is 4.33. The number of rotatable bonds is 4. The molecule has 0 spiro atoms. The summed E-state index contributed by atoms with van der Waals surface area (Å²) in [5, 5.41) is 3.24. The molecule has 0 aromatic heterocycles. The van der Waals surface area contributed by atoms with E-state index in [0.717, 1.165) is 17.5 Å². The summed E-state index contributed by atoms with van der Waals surface area (Å²) in [7, 11) is 0. The topological polar surface area (TPSA) is 12.0 Å². The molecule has 0 radical (unpaired) electrons. The van der Waals surface area contributed by atoms with Crippen molar-refractivity contribution in [3.63, 3.8) is 0 Å². The first kappa shape index (κ1) is 11.7. The maximum Gasteiger partial charge on any atom is 0.123 e. The summed E-state index contributed by atoms with van der Waals surface area (Å²) in [6.45, 7) is 4.63. The quantitative estimate of drug-likeness (QED) is 0.745. The number of nitrogens with one attached hydrogen (secondary N) is 1. The van der Waals surface area contributed by atoms with Gasteiger partial charge in [-0.15, -0.1) is 6.42 Å². The predicted octanol–water partition coefficient (Wildman–Crippen LogP) is 2.64.